The first-order valence-electron chi connectivity index (χ1n) is 13.7. The Morgan fingerprint density at radius 2 is 1.67 bits per heavy atom. The molecule has 9 heteroatoms. The molecular formula is C33H39N3O6. The lowest BCUT2D eigenvalue weighted by atomic mass is 9.98. The number of aliphatic hydroxyl groups is 1. The summed E-state index contributed by atoms with van der Waals surface area (Å²) in [7, 11) is 0. The van der Waals surface area contributed by atoms with Crippen LogP contribution in [0, 0.1) is 0 Å². The van der Waals surface area contributed by atoms with Gasteiger partial charge < -0.3 is 30.5 Å². The fraction of sp³-hybridized carbons (Fsp3) is 0.303. The maximum Gasteiger partial charge on any atom is 0.408 e. The molecule has 0 radical (unpaired) electrons. The van der Waals surface area contributed by atoms with Crippen LogP contribution in [0.1, 0.15) is 49.1 Å². The maximum atomic E-state index is 14.2. The molecule has 9 nitrogen and oxygen atoms in total. The number of phenolic OH excluding ortho intramolecular Hbond substituents is 1. The van der Waals surface area contributed by atoms with E-state index in [1.165, 1.54) is 17.0 Å². The second kappa shape index (κ2) is 14.8. The zero-order valence-corrected chi connectivity index (χ0v) is 24.2. The molecule has 2 unspecified atom stereocenters. The zero-order chi connectivity index (χ0) is 30.7. The molecule has 0 aliphatic carbocycles. The van der Waals surface area contributed by atoms with Crippen LogP contribution in [0.5, 0.6) is 5.75 Å². The van der Waals surface area contributed by atoms with E-state index >= 15 is 0 Å². The van der Waals surface area contributed by atoms with Crippen molar-refractivity contribution < 1.29 is 29.3 Å². The van der Waals surface area contributed by atoms with Gasteiger partial charge in [-0.3, -0.25) is 9.59 Å². The molecule has 3 amide bonds. The minimum atomic E-state index is -1.15. The molecule has 0 aliphatic heterocycles. The number of hydrogen-bond acceptors (Lipinski definition) is 6. The molecule has 3 aromatic rings. The number of phenols is 1. The highest BCUT2D eigenvalue weighted by Crippen LogP contribution is 2.25. The Kier molecular flexibility index (Phi) is 11.3. The molecule has 2 atom stereocenters. The normalized spacial score (nSPS) is 12.5. The summed E-state index contributed by atoms with van der Waals surface area (Å²) in [6.45, 7) is 8.57. The van der Waals surface area contributed by atoms with Crippen LogP contribution in [0.25, 0.3) is 6.08 Å². The molecule has 222 valence electrons. The van der Waals surface area contributed by atoms with E-state index in [4.69, 9.17) is 4.74 Å². The van der Waals surface area contributed by atoms with Crippen LogP contribution >= 0.6 is 0 Å². The van der Waals surface area contributed by atoms with Crippen molar-refractivity contribution in [2.75, 3.05) is 13.2 Å². The first-order valence-corrected chi connectivity index (χ1v) is 13.7. The van der Waals surface area contributed by atoms with Crippen LogP contribution in [0.2, 0.25) is 0 Å². The SMILES string of the molecule is C=Cc1cccc(C(C(=O)NCc2ccccc2)N(CCO)C(=O)C(Cc2ccc(O)cc2)NC(=O)OC(C)(C)C)c1. The van der Waals surface area contributed by atoms with Crippen molar-refractivity contribution in [2.24, 2.45) is 0 Å². The number of rotatable bonds is 12. The van der Waals surface area contributed by atoms with Crippen molar-refractivity contribution in [3.63, 3.8) is 0 Å². The summed E-state index contributed by atoms with van der Waals surface area (Å²) in [4.78, 5) is 42.2. The van der Waals surface area contributed by atoms with E-state index in [-0.39, 0.29) is 25.3 Å². The highest BCUT2D eigenvalue weighted by atomic mass is 16.6. The first kappa shape index (κ1) is 31.9. The predicted octanol–water partition coefficient (Wildman–Crippen LogP) is 4.35. The van der Waals surface area contributed by atoms with E-state index in [0.29, 0.717) is 11.1 Å². The second-order valence-electron chi connectivity index (χ2n) is 10.8. The van der Waals surface area contributed by atoms with Crippen LogP contribution in [-0.4, -0.2) is 57.8 Å². The van der Waals surface area contributed by atoms with Gasteiger partial charge in [0, 0.05) is 19.5 Å². The standard InChI is InChI=1S/C33H39N3O6/c1-5-23-12-9-13-26(20-23)29(30(39)34-22-25-10-7-6-8-11-25)36(18-19-37)31(40)28(35-32(41)42-33(2,3)4)21-24-14-16-27(38)17-15-24/h5-17,20,28-29,37-38H,1,18-19,21-22H2,2-4H3,(H,34,39)(H,35,41). The Balaban J connectivity index is 2.01. The second-order valence-corrected chi connectivity index (χ2v) is 10.8. The predicted molar refractivity (Wildman–Crippen MR) is 161 cm³/mol. The molecule has 3 aromatic carbocycles. The van der Waals surface area contributed by atoms with Gasteiger partial charge in [0.25, 0.3) is 0 Å². The molecule has 0 saturated heterocycles. The third-order valence-corrected chi connectivity index (χ3v) is 6.32. The van der Waals surface area contributed by atoms with Crippen molar-refractivity contribution in [2.45, 2.75) is 51.4 Å². The number of ether oxygens (including phenoxy) is 1. The average molecular weight is 574 g/mol. The molecule has 0 fully saturated rings. The molecule has 0 bridgehead atoms. The Bertz CT molecular complexity index is 1350. The van der Waals surface area contributed by atoms with Gasteiger partial charge in [-0.05, 0) is 61.2 Å². The highest BCUT2D eigenvalue weighted by Gasteiger charge is 2.36. The number of nitrogens with zero attached hydrogens (tertiary/aromatic N) is 1. The molecule has 3 rings (SSSR count). The van der Waals surface area contributed by atoms with E-state index < -0.39 is 42.2 Å². The number of benzene rings is 3. The van der Waals surface area contributed by atoms with Gasteiger partial charge in [0.1, 0.15) is 23.4 Å². The zero-order valence-electron chi connectivity index (χ0n) is 24.2. The van der Waals surface area contributed by atoms with Crippen LogP contribution in [0.3, 0.4) is 0 Å². The lowest BCUT2D eigenvalue weighted by molar-refractivity contribution is -0.143. The van der Waals surface area contributed by atoms with Crippen LogP contribution in [-0.2, 0) is 27.3 Å². The quantitative estimate of drug-likeness (QED) is 0.255. The largest absolute Gasteiger partial charge is 0.508 e. The van der Waals surface area contributed by atoms with Gasteiger partial charge in [-0.15, -0.1) is 0 Å². The number of carbonyl (C=O) groups excluding carboxylic acids is 3. The summed E-state index contributed by atoms with van der Waals surface area (Å²) in [5.41, 5.74) is 1.98. The Morgan fingerprint density at radius 3 is 2.29 bits per heavy atom. The molecular weight excluding hydrogens is 534 g/mol. The van der Waals surface area contributed by atoms with Crippen LogP contribution in [0.4, 0.5) is 4.79 Å². The van der Waals surface area contributed by atoms with E-state index in [2.05, 4.69) is 17.2 Å². The molecule has 0 aliphatic rings. The number of nitrogens with one attached hydrogen (secondary N) is 2. The average Bonchev–Trinajstić information content (AvgIpc) is 2.96. The van der Waals surface area contributed by atoms with E-state index in [1.807, 2.05) is 36.4 Å². The number of aliphatic hydroxyl groups excluding tert-OH is 1. The summed E-state index contributed by atoms with van der Waals surface area (Å²) in [5.74, 6) is -0.991. The van der Waals surface area contributed by atoms with Crippen molar-refractivity contribution in [3.05, 3.63) is 108 Å². The van der Waals surface area contributed by atoms with E-state index in [0.717, 1.165) is 11.1 Å². The van der Waals surface area contributed by atoms with Gasteiger partial charge in [0.15, 0.2) is 0 Å². The Morgan fingerprint density at radius 1 is 0.976 bits per heavy atom. The first-order chi connectivity index (χ1) is 20.0. The summed E-state index contributed by atoms with van der Waals surface area (Å²) in [6.07, 6.45) is 0.881. The molecule has 0 aromatic heterocycles. The Labute approximate surface area is 246 Å². The third-order valence-electron chi connectivity index (χ3n) is 6.32. The summed E-state index contributed by atoms with van der Waals surface area (Å²) >= 11 is 0. The van der Waals surface area contributed by atoms with Gasteiger partial charge in [-0.1, -0.05) is 73.3 Å². The third kappa shape index (κ3) is 9.49. The van der Waals surface area contributed by atoms with Crippen LogP contribution < -0.4 is 10.6 Å². The lowest BCUT2D eigenvalue weighted by Gasteiger charge is -2.34. The fourth-order valence-electron chi connectivity index (χ4n) is 4.40. The van der Waals surface area contributed by atoms with Gasteiger partial charge in [0.2, 0.25) is 11.8 Å². The van der Waals surface area contributed by atoms with Crippen molar-refractivity contribution in [1.82, 2.24) is 15.5 Å². The molecule has 42 heavy (non-hydrogen) atoms. The number of hydrogen-bond donors (Lipinski definition) is 4. The smallest absolute Gasteiger partial charge is 0.408 e. The van der Waals surface area contributed by atoms with E-state index in [1.54, 1.807) is 57.2 Å². The van der Waals surface area contributed by atoms with Gasteiger partial charge in [0.05, 0.1) is 6.61 Å². The highest BCUT2D eigenvalue weighted by molar-refractivity contribution is 5.92. The number of aromatic hydroxyl groups is 1. The summed E-state index contributed by atoms with van der Waals surface area (Å²) in [5, 5.41) is 25.3. The summed E-state index contributed by atoms with van der Waals surface area (Å²) < 4.78 is 5.42. The minimum Gasteiger partial charge on any atom is -0.508 e. The van der Waals surface area contributed by atoms with Gasteiger partial charge in [-0.2, -0.15) is 0 Å². The number of alkyl carbamates (subject to hydrolysis) is 1. The van der Waals surface area contributed by atoms with Crippen LogP contribution in [0.15, 0.2) is 85.4 Å². The monoisotopic (exact) mass is 573 g/mol. The molecule has 0 heterocycles. The number of amides is 3. The van der Waals surface area contributed by atoms with Crippen molar-refractivity contribution in [1.29, 1.82) is 0 Å². The van der Waals surface area contributed by atoms with Crippen molar-refractivity contribution in [3.8, 4) is 5.75 Å². The van der Waals surface area contributed by atoms with Gasteiger partial charge >= 0.3 is 6.09 Å². The van der Waals surface area contributed by atoms with Crippen molar-refractivity contribution >= 4 is 24.0 Å². The lowest BCUT2D eigenvalue weighted by Crippen LogP contribution is -2.54. The molecule has 4 N–H and O–H groups in total. The molecule has 0 saturated carbocycles. The topological polar surface area (TPSA) is 128 Å². The van der Waals surface area contributed by atoms with E-state index in [9.17, 15) is 24.6 Å². The fourth-order valence-corrected chi connectivity index (χ4v) is 4.40. The molecule has 0 spiro atoms. The maximum absolute atomic E-state index is 14.2. The Hall–Kier alpha value is -4.63. The summed E-state index contributed by atoms with van der Waals surface area (Å²) in [6, 6.07) is 20.4. The minimum absolute atomic E-state index is 0.0470. The van der Waals surface area contributed by atoms with Gasteiger partial charge in [-0.25, -0.2) is 4.79 Å². The number of carbonyl (C=O) groups is 3.